The number of imide groups is 1. The Bertz CT molecular complexity index is 803. The summed E-state index contributed by atoms with van der Waals surface area (Å²) >= 11 is 1.42. The molecule has 0 aromatic carbocycles. The minimum Gasteiger partial charge on any atom is -0.329 e. The second kappa shape index (κ2) is 7.38. The zero-order valence-corrected chi connectivity index (χ0v) is 15.5. The highest BCUT2D eigenvalue weighted by Gasteiger charge is 2.27. The number of aryl methyl sites for hydroxylation is 2. The van der Waals surface area contributed by atoms with E-state index in [1.807, 2.05) is 13.8 Å². The summed E-state index contributed by atoms with van der Waals surface area (Å²) in [6.07, 6.45) is 3.25. The number of hydrogen-bond acceptors (Lipinski definition) is 6. The number of amides is 3. The van der Waals surface area contributed by atoms with Gasteiger partial charge in [-0.2, -0.15) is 4.98 Å². The van der Waals surface area contributed by atoms with Gasteiger partial charge < -0.3 is 5.32 Å². The van der Waals surface area contributed by atoms with Gasteiger partial charge in [-0.25, -0.2) is 14.3 Å². The van der Waals surface area contributed by atoms with Gasteiger partial charge in [0, 0.05) is 23.7 Å². The van der Waals surface area contributed by atoms with Crippen LogP contribution in [0.4, 0.5) is 4.79 Å². The topological polar surface area (TPSA) is 92.5 Å². The standard InChI is InChI=1S/C16H22N6O2S/c1-4-5-6-12-10(2)18-14-19-15(20-22(14)11(12)3)25-8-7-21-13(23)9-17-16(21)24/h4-9H2,1-3H3,(H,17,24). The van der Waals surface area contributed by atoms with E-state index in [9.17, 15) is 9.59 Å². The van der Waals surface area contributed by atoms with Crippen molar-refractivity contribution in [3.8, 4) is 0 Å². The van der Waals surface area contributed by atoms with Crippen LogP contribution in [0.1, 0.15) is 36.7 Å². The smallest absolute Gasteiger partial charge is 0.324 e. The number of aromatic nitrogens is 4. The van der Waals surface area contributed by atoms with E-state index in [-0.39, 0.29) is 18.5 Å². The second-order valence-electron chi connectivity index (χ2n) is 6.02. The zero-order valence-electron chi connectivity index (χ0n) is 14.7. The van der Waals surface area contributed by atoms with E-state index in [2.05, 4.69) is 27.3 Å². The normalized spacial score (nSPS) is 14.6. The second-order valence-corrected chi connectivity index (χ2v) is 7.09. The fourth-order valence-electron chi connectivity index (χ4n) is 2.88. The van der Waals surface area contributed by atoms with Crippen molar-refractivity contribution in [1.82, 2.24) is 29.8 Å². The van der Waals surface area contributed by atoms with Crippen LogP contribution in [0.25, 0.3) is 5.78 Å². The summed E-state index contributed by atoms with van der Waals surface area (Å²) in [6, 6.07) is -0.331. The Morgan fingerprint density at radius 1 is 1.24 bits per heavy atom. The molecule has 2 aromatic heterocycles. The first kappa shape index (κ1) is 17.7. The lowest BCUT2D eigenvalue weighted by Crippen LogP contribution is -2.32. The summed E-state index contributed by atoms with van der Waals surface area (Å²) in [7, 11) is 0. The van der Waals surface area contributed by atoms with Gasteiger partial charge in [0.05, 0.1) is 6.54 Å². The molecule has 1 fully saturated rings. The lowest BCUT2D eigenvalue weighted by atomic mass is 10.1. The monoisotopic (exact) mass is 362 g/mol. The van der Waals surface area contributed by atoms with Gasteiger partial charge in [-0.15, -0.1) is 5.10 Å². The van der Waals surface area contributed by atoms with Crippen LogP contribution in [0.15, 0.2) is 5.16 Å². The van der Waals surface area contributed by atoms with Gasteiger partial charge in [0.25, 0.3) is 5.78 Å². The Morgan fingerprint density at radius 2 is 2.04 bits per heavy atom. The molecule has 3 rings (SSSR count). The quantitative estimate of drug-likeness (QED) is 0.596. The van der Waals surface area contributed by atoms with E-state index in [1.165, 1.54) is 22.2 Å². The Morgan fingerprint density at radius 3 is 2.72 bits per heavy atom. The molecule has 25 heavy (non-hydrogen) atoms. The number of nitrogens with zero attached hydrogens (tertiary/aromatic N) is 5. The van der Waals surface area contributed by atoms with E-state index in [0.29, 0.717) is 23.2 Å². The van der Waals surface area contributed by atoms with E-state index < -0.39 is 0 Å². The number of nitrogens with one attached hydrogen (secondary N) is 1. The van der Waals surface area contributed by atoms with Gasteiger partial charge >= 0.3 is 6.03 Å². The van der Waals surface area contributed by atoms with Crippen LogP contribution in [0, 0.1) is 13.8 Å². The van der Waals surface area contributed by atoms with Crippen molar-refractivity contribution < 1.29 is 9.59 Å². The highest BCUT2D eigenvalue weighted by atomic mass is 32.2. The number of thioether (sulfide) groups is 1. The molecule has 0 atom stereocenters. The van der Waals surface area contributed by atoms with Gasteiger partial charge in [-0.1, -0.05) is 25.1 Å². The average molecular weight is 362 g/mol. The first-order valence-corrected chi connectivity index (χ1v) is 9.43. The highest BCUT2D eigenvalue weighted by molar-refractivity contribution is 7.99. The molecule has 0 unspecified atom stereocenters. The predicted octanol–water partition coefficient (Wildman–Crippen LogP) is 1.73. The molecule has 1 N–H and O–H groups in total. The molecule has 3 heterocycles. The van der Waals surface area contributed by atoms with Gasteiger partial charge in [-0.05, 0) is 32.3 Å². The van der Waals surface area contributed by atoms with Crippen molar-refractivity contribution in [1.29, 1.82) is 0 Å². The lowest BCUT2D eigenvalue weighted by Gasteiger charge is -2.10. The van der Waals surface area contributed by atoms with E-state index >= 15 is 0 Å². The summed E-state index contributed by atoms with van der Waals surface area (Å²) in [6.45, 7) is 6.66. The number of fused-ring (bicyclic) bond motifs is 1. The Labute approximate surface area is 150 Å². The molecule has 8 nitrogen and oxygen atoms in total. The Hall–Kier alpha value is -2.16. The fourth-order valence-corrected chi connectivity index (χ4v) is 3.62. The molecule has 1 aliphatic rings. The fraction of sp³-hybridized carbons (Fsp3) is 0.562. The first-order valence-electron chi connectivity index (χ1n) is 8.45. The summed E-state index contributed by atoms with van der Waals surface area (Å²) in [5.41, 5.74) is 3.31. The van der Waals surface area contributed by atoms with Crippen LogP contribution >= 0.6 is 11.8 Å². The summed E-state index contributed by atoms with van der Waals surface area (Å²) in [5.74, 6) is 0.950. The number of urea groups is 1. The van der Waals surface area contributed by atoms with Crippen LogP contribution < -0.4 is 5.32 Å². The molecule has 134 valence electrons. The number of hydrogen-bond donors (Lipinski definition) is 1. The molecule has 0 radical (unpaired) electrons. The van der Waals surface area contributed by atoms with Crippen LogP contribution in [-0.4, -0.2) is 55.3 Å². The van der Waals surface area contributed by atoms with E-state index in [1.54, 1.807) is 4.52 Å². The van der Waals surface area contributed by atoms with Crippen LogP contribution in [0.3, 0.4) is 0 Å². The number of carbonyl (C=O) groups is 2. The third-order valence-electron chi connectivity index (χ3n) is 4.29. The maximum absolute atomic E-state index is 11.6. The van der Waals surface area contributed by atoms with Crippen LogP contribution in [0.5, 0.6) is 0 Å². The predicted molar refractivity (Wildman–Crippen MR) is 94.7 cm³/mol. The van der Waals surface area contributed by atoms with Crippen molar-refractivity contribution in [3.63, 3.8) is 0 Å². The lowest BCUT2D eigenvalue weighted by molar-refractivity contribution is -0.124. The molecule has 0 saturated carbocycles. The number of carbonyl (C=O) groups excluding carboxylic acids is 2. The minimum absolute atomic E-state index is 0.0824. The maximum Gasteiger partial charge on any atom is 0.324 e. The zero-order chi connectivity index (χ0) is 18.0. The molecular weight excluding hydrogens is 340 g/mol. The summed E-state index contributed by atoms with van der Waals surface area (Å²) < 4.78 is 1.79. The van der Waals surface area contributed by atoms with E-state index in [0.717, 1.165) is 30.7 Å². The Balaban J connectivity index is 1.71. The summed E-state index contributed by atoms with van der Waals surface area (Å²) in [5, 5.41) is 7.64. The summed E-state index contributed by atoms with van der Waals surface area (Å²) in [4.78, 5) is 33.3. The molecule has 0 aliphatic carbocycles. The van der Waals surface area contributed by atoms with Crippen LogP contribution in [0.2, 0.25) is 0 Å². The largest absolute Gasteiger partial charge is 0.329 e. The molecule has 2 aromatic rings. The molecule has 1 aliphatic heterocycles. The van der Waals surface area contributed by atoms with Crippen molar-refractivity contribution >= 4 is 29.5 Å². The molecule has 3 amide bonds. The maximum atomic E-state index is 11.6. The van der Waals surface area contributed by atoms with E-state index in [4.69, 9.17) is 0 Å². The third-order valence-corrected chi connectivity index (χ3v) is 5.11. The highest BCUT2D eigenvalue weighted by Crippen LogP contribution is 2.20. The minimum atomic E-state index is -0.331. The molecule has 0 spiro atoms. The van der Waals surface area contributed by atoms with Crippen molar-refractivity contribution in [2.45, 2.75) is 45.2 Å². The number of unbranched alkanes of at least 4 members (excludes halogenated alkanes) is 1. The average Bonchev–Trinajstić information content (AvgIpc) is 3.12. The molecule has 9 heteroatoms. The van der Waals surface area contributed by atoms with Crippen molar-refractivity contribution in [2.24, 2.45) is 0 Å². The van der Waals surface area contributed by atoms with Gasteiger partial charge in [0.2, 0.25) is 11.1 Å². The molecule has 0 bridgehead atoms. The molecular formula is C16H22N6O2S. The number of rotatable bonds is 7. The van der Waals surface area contributed by atoms with Crippen molar-refractivity contribution in [2.75, 3.05) is 18.8 Å². The van der Waals surface area contributed by atoms with Gasteiger partial charge in [0.15, 0.2) is 0 Å². The van der Waals surface area contributed by atoms with Crippen LogP contribution in [-0.2, 0) is 11.2 Å². The SMILES string of the molecule is CCCCc1c(C)nc2nc(SCCN3C(=O)CNC3=O)nn2c1C. The van der Waals surface area contributed by atoms with Gasteiger partial charge in [-0.3, -0.25) is 9.69 Å². The molecule has 1 saturated heterocycles. The Kier molecular flexibility index (Phi) is 5.22. The van der Waals surface area contributed by atoms with Gasteiger partial charge in [0.1, 0.15) is 0 Å². The third kappa shape index (κ3) is 3.60. The van der Waals surface area contributed by atoms with Crippen molar-refractivity contribution in [3.05, 3.63) is 17.0 Å². The first-order chi connectivity index (χ1) is 12.0.